The smallest absolute Gasteiger partial charge is 0.297 e. The van der Waals surface area contributed by atoms with Crippen LogP contribution in [0.15, 0.2) is 58.0 Å². The highest BCUT2D eigenvalue weighted by Gasteiger charge is 2.15. The van der Waals surface area contributed by atoms with Gasteiger partial charge in [0.15, 0.2) is 0 Å². The summed E-state index contributed by atoms with van der Waals surface area (Å²) in [5.41, 5.74) is 2.08. The van der Waals surface area contributed by atoms with Gasteiger partial charge in [0.05, 0.1) is 25.7 Å². The lowest BCUT2D eigenvalue weighted by molar-refractivity contribution is -0.124. The molecule has 31 heavy (non-hydrogen) atoms. The topological polar surface area (TPSA) is 115 Å². The van der Waals surface area contributed by atoms with Crippen molar-refractivity contribution in [2.24, 2.45) is 0 Å². The molecule has 2 heterocycles. The van der Waals surface area contributed by atoms with Gasteiger partial charge in [-0.2, -0.15) is 0 Å². The summed E-state index contributed by atoms with van der Waals surface area (Å²) in [6.07, 6.45) is 1.30. The van der Waals surface area contributed by atoms with Crippen LogP contribution in [0.1, 0.15) is 5.56 Å². The van der Waals surface area contributed by atoms with Gasteiger partial charge in [-0.1, -0.05) is 18.2 Å². The van der Waals surface area contributed by atoms with E-state index in [4.69, 9.17) is 9.15 Å². The number of nitrogens with zero attached hydrogens (tertiary/aromatic N) is 2. The number of carbonyl (C=O) groups is 2. The highest BCUT2D eigenvalue weighted by molar-refractivity contribution is 6.01. The Hall–Kier alpha value is -4.14. The molecule has 0 bridgehead atoms. The normalized spacial score (nSPS) is 10.9. The van der Waals surface area contributed by atoms with E-state index in [9.17, 15) is 14.4 Å². The second-order valence-electron chi connectivity index (χ2n) is 6.98. The molecule has 9 heteroatoms. The predicted molar refractivity (Wildman–Crippen MR) is 115 cm³/mol. The fourth-order valence-electron chi connectivity index (χ4n) is 3.23. The molecule has 0 radical (unpaired) electrons. The first-order valence-corrected chi connectivity index (χ1v) is 9.54. The standard InChI is InChI=1S/C22H20N4O5/c1-13-7-8-17(30-2)15(9-13)25-18(27)10-23-19(28)11-26-12-24-20-14-5-3-4-6-16(14)31-21(20)22(26)29/h3-9,12H,10-11H2,1-2H3,(H,23,28)(H,25,27). The molecule has 0 saturated carbocycles. The van der Waals surface area contributed by atoms with Gasteiger partial charge in [-0.15, -0.1) is 0 Å². The molecule has 4 aromatic rings. The van der Waals surface area contributed by atoms with E-state index in [-0.39, 0.29) is 18.7 Å². The van der Waals surface area contributed by atoms with Crippen LogP contribution < -0.4 is 20.9 Å². The molecule has 2 aromatic heterocycles. The number of nitrogens with one attached hydrogen (secondary N) is 2. The lowest BCUT2D eigenvalue weighted by Crippen LogP contribution is -2.37. The molecule has 0 atom stereocenters. The number of amides is 2. The number of anilines is 1. The number of hydrogen-bond acceptors (Lipinski definition) is 6. The van der Waals surface area contributed by atoms with E-state index in [1.807, 2.05) is 25.1 Å². The van der Waals surface area contributed by atoms with Crippen LogP contribution >= 0.6 is 0 Å². The number of carbonyl (C=O) groups excluding carboxylic acids is 2. The fraction of sp³-hybridized carbons (Fsp3) is 0.182. The molecule has 0 aliphatic rings. The van der Waals surface area contributed by atoms with Crippen molar-refractivity contribution in [2.75, 3.05) is 19.0 Å². The van der Waals surface area contributed by atoms with Crippen molar-refractivity contribution in [3.05, 3.63) is 64.7 Å². The summed E-state index contributed by atoms with van der Waals surface area (Å²) in [7, 11) is 1.51. The molecule has 2 aromatic carbocycles. The van der Waals surface area contributed by atoms with Gasteiger partial charge >= 0.3 is 0 Å². The highest BCUT2D eigenvalue weighted by atomic mass is 16.5. The number of aryl methyl sites for hydroxylation is 1. The number of fused-ring (bicyclic) bond motifs is 3. The molecule has 4 rings (SSSR count). The van der Waals surface area contributed by atoms with Crippen molar-refractivity contribution in [1.82, 2.24) is 14.9 Å². The molecule has 0 fully saturated rings. The zero-order valence-corrected chi connectivity index (χ0v) is 17.0. The molecule has 0 spiro atoms. The SMILES string of the molecule is COc1ccc(C)cc1NC(=O)CNC(=O)Cn1cnc2c(oc3ccccc32)c1=O. The summed E-state index contributed by atoms with van der Waals surface area (Å²) in [5.74, 6) is -0.414. The molecule has 2 N–H and O–H groups in total. The quantitative estimate of drug-likeness (QED) is 0.494. The second-order valence-corrected chi connectivity index (χ2v) is 6.98. The molecule has 0 saturated heterocycles. The lowest BCUT2D eigenvalue weighted by Gasteiger charge is -2.11. The van der Waals surface area contributed by atoms with Crippen LogP contribution in [0.2, 0.25) is 0 Å². The molecule has 9 nitrogen and oxygen atoms in total. The molecule has 158 valence electrons. The van der Waals surface area contributed by atoms with Gasteiger partial charge in [0, 0.05) is 5.39 Å². The lowest BCUT2D eigenvalue weighted by atomic mass is 10.2. The summed E-state index contributed by atoms with van der Waals surface area (Å²) < 4.78 is 12.0. The Balaban J connectivity index is 1.42. The van der Waals surface area contributed by atoms with Gasteiger partial charge in [0.2, 0.25) is 17.4 Å². The fourth-order valence-corrected chi connectivity index (χ4v) is 3.23. The first-order valence-electron chi connectivity index (χ1n) is 9.54. The van der Waals surface area contributed by atoms with Gasteiger partial charge in [0.25, 0.3) is 5.56 Å². The van der Waals surface area contributed by atoms with E-state index in [1.54, 1.807) is 24.3 Å². The number of aromatic nitrogens is 2. The molecule has 0 unspecified atom stereocenters. The average molecular weight is 420 g/mol. The van der Waals surface area contributed by atoms with Crippen molar-refractivity contribution >= 4 is 39.6 Å². The average Bonchev–Trinajstić information content (AvgIpc) is 3.14. The first kappa shape index (κ1) is 20.1. The Labute approximate surface area is 176 Å². The number of rotatable bonds is 6. The summed E-state index contributed by atoms with van der Waals surface area (Å²) in [6.45, 7) is 1.34. The third kappa shape index (κ3) is 4.11. The van der Waals surface area contributed by atoms with Gasteiger partial charge in [0.1, 0.15) is 23.4 Å². The molecular formula is C22H20N4O5. The van der Waals surface area contributed by atoms with Crippen molar-refractivity contribution in [2.45, 2.75) is 13.5 Å². The third-order valence-electron chi connectivity index (χ3n) is 4.74. The van der Waals surface area contributed by atoms with E-state index in [1.165, 1.54) is 13.4 Å². The van der Waals surface area contributed by atoms with E-state index in [2.05, 4.69) is 15.6 Å². The second kappa shape index (κ2) is 8.31. The Bertz CT molecular complexity index is 1360. The van der Waals surface area contributed by atoms with Gasteiger partial charge in [-0.25, -0.2) is 4.98 Å². The third-order valence-corrected chi connectivity index (χ3v) is 4.74. The molecule has 0 aliphatic heterocycles. The Kier molecular flexibility index (Phi) is 5.40. The molecule has 0 aliphatic carbocycles. The minimum absolute atomic E-state index is 0.0841. The monoisotopic (exact) mass is 420 g/mol. The van der Waals surface area contributed by atoms with Crippen LogP contribution in [0.5, 0.6) is 5.75 Å². The molecule has 2 amide bonds. The summed E-state index contributed by atoms with van der Waals surface area (Å²) in [5, 5.41) is 5.92. The number of ether oxygens (including phenoxy) is 1. The van der Waals surface area contributed by atoms with Crippen molar-refractivity contribution in [1.29, 1.82) is 0 Å². The number of hydrogen-bond donors (Lipinski definition) is 2. The maximum atomic E-state index is 12.7. The maximum absolute atomic E-state index is 12.7. The minimum Gasteiger partial charge on any atom is -0.495 e. The van der Waals surface area contributed by atoms with Crippen molar-refractivity contribution in [3.8, 4) is 5.75 Å². The maximum Gasteiger partial charge on any atom is 0.297 e. The largest absolute Gasteiger partial charge is 0.495 e. The summed E-state index contributed by atoms with van der Waals surface area (Å²) in [4.78, 5) is 41.4. The molecular weight excluding hydrogens is 400 g/mol. The Morgan fingerprint density at radius 1 is 1.16 bits per heavy atom. The van der Waals surface area contributed by atoms with E-state index in [0.717, 1.165) is 15.5 Å². The predicted octanol–water partition coefficient (Wildman–Crippen LogP) is 2.21. The van der Waals surface area contributed by atoms with Crippen molar-refractivity contribution < 1.29 is 18.7 Å². The van der Waals surface area contributed by atoms with E-state index in [0.29, 0.717) is 22.5 Å². The van der Waals surface area contributed by atoms with Crippen LogP contribution in [0, 0.1) is 6.92 Å². The van der Waals surface area contributed by atoms with Crippen LogP contribution in [-0.4, -0.2) is 35.0 Å². The first-order chi connectivity index (χ1) is 15.0. The number of para-hydroxylation sites is 1. The Morgan fingerprint density at radius 3 is 2.77 bits per heavy atom. The van der Waals surface area contributed by atoms with Crippen LogP contribution in [-0.2, 0) is 16.1 Å². The van der Waals surface area contributed by atoms with E-state index < -0.39 is 17.4 Å². The van der Waals surface area contributed by atoms with Gasteiger partial charge in [-0.3, -0.25) is 19.0 Å². The zero-order chi connectivity index (χ0) is 22.0. The van der Waals surface area contributed by atoms with Crippen LogP contribution in [0.3, 0.4) is 0 Å². The number of furan rings is 1. The minimum atomic E-state index is -0.509. The summed E-state index contributed by atoms with van der Waals surface area (Å²) >= 11 is 0. The van der Waals surface area contributed by atoms with Gasteiger partial charge in [-0.05, 0) is 36.8 Å². The zero-order valence-electron chi connectivity index (χ0n) is 17.0. The summed E-state index contributed by atoms with van der Waals surface area (Å²) in [6, 6.07) is 12.6. The van der Waals surface area contributed by atoms with Crippen LogP contribution in [0.4, 0.5) is 5.69 Å². The van der Waals surface area contributed by atoms with Crippen molar-refractivity contribution in [3.63, 3.8) is 0 Å². The van der Waals surface area contributed by atoms with Crippen LogP contribution in [0.25, 0.3) is 22.1 Å². The highest BCUT2D eigenvalue weighted by Crippen LogP contribution is 2.25. The van der Waals surface area contributed by atoms with Gasteiger partial charge < -0.3 is 19.8 Å². The number of methoxy groups -OCH3 is 1. The van der Waals surface area contributed by atoms with E-state index >= 15 is 0 Å². The Morgan fingerprint density at radius 2 is 1.97 bits per heavy atom. The number of benzene rings is 2.